The topological polar surface area (TPSA) is 66.8 Å². The Kier molecular flexibility index (Phi) is 3.59. The Balaban J connectivity index is 1.60. The molecule has 4 heterocycles. The van der Waals surface area contributed by atoms with E-state index in [1.54, 1.807) is 17.7 Å². The van der Waals surface area contributed by atoms with Gasteiger partial charge in [-0.25, -0.2) is 9.97 Å². The molecule has 6 nitrogen and oxygen atoms in total. The average Bonchev–Trinajstić information content (AvgIpc) is 3.20. The largest absolute Gasteiger partial charge is 0.337 e. The van der Waals surface area contributed by atoms with Crippen molar-refractivity contribution in [1.82, 2.24) is 24.4 Å². The molecule has 0 bridgehead atoms. The number of aryl methyl sites for hydroxylation is 1. The minimum absolute atomic E-state index is 0.0203. The number of aromatic amines is 1. The number of nitrogens with zero attached hydrogens (tertiary/aromatic N) is 4. The average molecular weight is 327 g/mol. The SMILES string of the molecule is Cn1cncc1CN1CCc2nc(-c3cccs3)[nH]c(=O)c2C1. The fourth-order valence-electron chi connectivity index (χ4n) is 2.91. The lowest BCUT2D eigenvalue weighted by Crippen LogP contribution is -2.35. The van der Waals surface area contributed by atoms with Gasteiger partial charge in [0.1, 0.15) is 0 Å². The van der Waals surface area contributed by atoms with Crippen molar-refractivity contribution in [2.24, 2.45) is 7.05 Å². The summed E-state index contributed by atoms with van der Waals surface area (Å²) in [5, 5.41) is 1.99. The molecule has 7 heteroatoms. The van der Waals surface area contributed by atoms with Crippen LogP contribution in [0, 0.1) is 0 Å². The van der Waals surface area contributed by atoms with Crippen molar-refractivity contribution in [2.45, 2.75) is 19.5 Å². The van der Waals surface area contributed by atoms with Crippen LogP contribution < -0.4 is 5.56 Å². The normalized spacial score (nSPS) is 14.8. The lowest BCUT2D eigenvalue weighted by Gasteiger charge is -2.27. The summed E-state index contributed by atoms with van der Waals surface area (Å²) in [7, 11) is 1.99. The van der Waals surface area contributed by atoms with Crippen LogP contribution in [0.2, 0.25) is 0 Å². The molecule has 3 aromatic rings. The number of hydrogen-bond acceptors (Lipinski definition) is 5. The molecule has 0 aromatic carbocycles. The molecule has 1 aliphatic rings. The van der Waals surface area contributed by atoms with Crippen molar-refractivity contribution in [3.63, 3.8) is 0 Å². The zero-order valence-corrected chi connectivity index (χ0v) is 13.6. The van der Waals surface area contributed by atoms with Gasteiger partial charge in [-0.2, -0.15) is 0 Å². The predicted molar refractivity (Wildman–Crippen MR) is 89.2 cm³/mol. The summed E-state index contributed by atoms with van der Waals surface area (Å²) in [5.41, 5.74) is 2.85. The summed E-state index contributed by atoms with van der Waals surface area (Å²) < 4.78 is 2.01. The number of thiophene rings is 1. The molecule has 3 aromatic heterocycles. The van der Waals surface area contributed by atoms with E-state index in [9.17, 15) is 4.79 Å². The molecular formula is C16H17N5OS. The van der Waals surface area contributed by atoms with Crippen LogP contribution in [0.25, 0.3) is 10.7 Å². The van der Waals surface area contributed by atoms with Crippen LogP contribution in [0.3, 0.4) is 0 Å². The molecule has 0 saturated carbocycles. The van der Waals surface area contributed by atoms with E-state index in [1.165, 1.54) is 0 Å². The van der Waals surface area contributed by atoms with Gasteiger partial charge in [0.05, 0.1) is 28.2 Å². The Morgan fingerprint density at radius 2 is 2.35 bits per heavy atom. The van der Waals surface area contributed by atoms with E-state index in [0.29, 0.717) is 12.4 Å². The first kappa shape index (κ1) is 14.3. The molecule has 0 atom stereocenters. The Morgan fingerprint density at radius 3 is 3.09 bits per heavy atom. The van der Waals surface area contributed by atoms with E-state index in [1.807, 2.05) is 35.3 Å². The third-order valence-corrected chi connectivity index (χ3v) is 5.08. The van der Waals surface area contributed by atoms with Gasteiger partial charge in [-0.1, -0.05) is 6.07 Å². The van der Waals surface area contributed by atoms with Crippen molar-refractivity contribution in [1.29, 1.82) is 0 Å². The standard InChI is InChI=1S/C16H17N5OS/c1-20-10-17-7-11(20)8-21-5-4-13-12(9-21)16(22)19-15(18-13)14-3-2-6-23-14/h2-3,6-7,10H,4-5,8-9H2,1H3,(H,18,19,22). The molecule has 23 heavy (non-hydrogen) atoms. The highest BCUT2D eigenvalue weighted by molar-refractivity contribution is 7.13. The smallest absolute Gasteiger partial charge is 0.255 e. The molecule has 0 amide bonds. The van der Waals surface area contributed by atoms with E-state index in [0.717, 1.165) is 41.3 Å². The maximum atomic E-state index is 12.5. The fraction of sp³-hybridized carbons (Fsp3) is 0.312. The van der Waals surface area contributed by atoms with Gasteiger partial charge in [-0.15, -0.1) is 11.3 Å². The summed E-state index contributed by atoms with van der Waals surface area (Å²) in [5.74, 6) is 0.684. The second-order valence-corrected chi connectivity index (χ2v) is 6.72. The van der Waals surface area contributed by atoms with Gasteiger partial charge in [0.15, 0.2) is 5.82 Å². The third kappa shape index (κ3) is 2.73. The number of imidazole rings is 1. The second kappa shape index (κ2) is 5.75. The summed E-state index contributed by atoms with van der Waals surface area (Å²) in [6, 6.07) is 3.95. The number of hydrogen-bond donors (Lipinski definition) is 1. The maximum absolute atomic E-state index is 12.5. The van der Waals surface area contributed by atoms with E-state index in [-0.39, 0.29) is 5.56 Å². The monoisotopic (exact) mass is 327 g/mol. The minimum Gasteiger partial charge on any atom is -0.337 e. The molecule has 0 fully saturated rings. The number of H-pyrrole nitrogens is 1. The second-order valence-electron chi connectivity index (χ2n) is 5.77. The van der Waals surface area contributed by atoms with Crippen LogP contribution in [-0.4, -0.2) is 31.0 Å². The number of fused-ring (bicyclic) bond motifs is 1. The Hall–Kier alpha value is -2.25. The van der Waals surface area contributed by atoms with Gasteiger partial charge in [0.25, 0.3) is 5.56 Å². The van der Waals surface area contributed by atoms with Crippen molar-refractivity contribution in [3.05, 3.63) is 57.3 Å². The van der Waals surface area contributed by atoms with Crippen molar-refractivity contribution >= 4 is 11.3 Å². The molecule has 1 N–H and O–H groups in total. The zero-order valence-electron chi connectivity index (χ0n) is 12.8. The molecule has 118 valence electrons. The van der Waals surface area contributed by atoms with Crippen LogP contribution in [0.1, 0.15) is 17.0 Å². The molecule has 0 saturated heterocycles. The summed E-state index contributed by atoms with van der Waals surface area (Å²) >= 11 is 1.59. The Morgan fingerprint density at radius 1 is 1.43 bits per heavy atom. The van der Waals surface area contributed by atoms with Crippen LogP contribution in [-0.2, 0) is 26.6 Å². The quantitative estimate of drug-likeness (QED) is 0.796. The van der Waals surface area contributed by atoms with Gasteiger partial charge >= 0.3 is 0 Å². The van der Waals surface area contributed by atoms with Gasteiger partial charge in [0, 0.05) is 39.3 Å². The van der Waals surface area contributed by atoms with E-state index in [2.05, 4.69) is 19.9 Å². The lowest BCUT2D eigenvalue weighted by atomic mass is 10.1. The maximum Gasteiger partial charge on any atom is 0.255 e. The molecular weight excluding hydrogens is 310 g/mol. The predicted octanol–water partition coefficient (Wildman–Crippen LogP) is 1.79. The molecule has 4 rings (SSSR count). The fourth-order valence-corrected chi connectivity index (χ4v) is 3.58. The van der Waals surface area contributed by atoms with Crippen LogP contribution in [0.4, 0.5) is 0 Å². The minimum atomic E-state index is -0.0203. The van der Waals surface area contributed by atoms with Crippen LogP contribution in [0.5, 0.6) is 0 Å². The first-order valence-corrected chi connectivity index (χ1v) is 8.42. The molecule has 0 radical (unpaired) electrons. The van der Waals surface area contributed by atoms with Crippen molar-refractivity contribution < 1.29 is 0 Å². The van der Waals surface area contributed by atoms with E-state index < -0.39 is 0 Å². The van der Waals surface area contributed by atoms with Gasteiger partial charge in [-0.05, 0) is 11.4 Å². The molecule has 0 unspecified atom stereocenters. The first-order valence-electron chi connectivity index (χ1n) is 7.54. The highest BCUT2D eigenvalue weighted by Gasteiger charge is 2.22. The van der Waals surface area contributed by atoms with Crippen LogP contribution >= 0.6 is 11.3 Å². The van der Waals surface area contributed by atoms with Crippen molar-refractivity contribution in [2.75, 3.05) is 6.54 Å². The summed E-state index contributed by atoms with van der Waals surface area (Å²) in [6.07, 6.45) is 4.47. The number of aromatic nitrogens is 4. The molecule has 0 spiro atoms. The number of nitrogens with one attached hydrogen (secondary N) is 1. The summed E-state index contributed by atoms with van der Waals surface area (Å²) in [6.45, 7) is 2.33. The third-order valence-electron chi connectivity index (χ3n) is 4.20. The highest BCUT2D eigenvalue weighted by Crippen LogP contribution is 2.22. The zero-order chi connectivity index (χ0) is 15.8. The molecule has 0 aliphatic carbocycles. The Labute approximate surface area is 137 Å². The van der Waals surface area contributed by atoms with Crippen LogP contribution in [0.15, 0.2) is 34.8 Å². The van der Waals surface area contributed by atoms with E-state index >= 15 is 0 Å². The first-order chi connectivity index (χ1) is 11.2. The van der Waals surface area contributed by atoms with E-state index in [4.69, 9.17) is 0 Å². The Bertz CT molecular complexity index is 880. The highest BCUT2D eigenvalue weighted by atomic mass is 32.1. The lowest BCUT2D eigenvalue weighted by molar-refractivity contribution is 0.237. The van der Waals surface area contributed by atoms with Crippen molar-refractivity contribution in [3.8, 4) is 10.7 Å². The van der Waals surface area contributed by atoms with Gasteiger partial charge < -0.3 is 9.55 Å². The van der Waals surface area contributed by atoms with Gasteiger partial charge in [-0.3, -0.25) is 9.69 Å². The summed E-state index contributed by atoms with van der Waals surface area (Å²) in [4.78, 5) is 27.5. The molecule has 1 aliphatic heterocycles. The van der Waals surface area contributed by atoms with Gasteiger partial charge in [0.2, 0.25) is 0 Å². The number of rotatable bonds is 3.